The van der Waals surface area contributed by atoms with Gasteiger partial charge in [-0.25, -0.2) is 0 Å². The molecule has 0 radical (unpaired) electrons. The van der Waals surface area contributed by atoms with Gasteiger partial charge in [0.1, 0.15) is 0 Å². The van der Waals surface area contributed by atoms with Crippen LogP contribution in [0.5, 0.6) is 0 Å². The van der Waals surface area contributed by atoms with E-state index >= 15 is 0 Å². The Balaban J connectivity index is 1.61. The monoisotopic (exact) mass is 223 g/mol. The number of hydrogen-bond donors (Lipinski definition) is 1. The smallest absolute Gasteiger partial charge is 0.0283 e. The van der Waals surface area contributed by atoms with Crippen LogP contribution in [-0.2, 0) is 0 Å². The van der Waals surface area contributed by atoms with Crippen molar-refractivity contribution in [3.05, 3.63) is 0 Å². The van der Waals surface area contributed by atoms with E-state index in [-0.39, 0.29) is 5.54 Å². The summed E-state index contributed by atoms with van der Waals surface area (Å²) in [5.41, 5.74) is 6.53. The van der Waals surface area contributed by atoms with Crippen molar-refractivity contribution >= 4 is 0 Å². The molecule has 3 heteroatoms. The normalized spacial score (nSPS) is 39.4. The van der Waals surface area contributed by atoms with Crippen molar-refractivity contribution in [1.29, 1.82) is 0 Å². The summed E-state index contributed by atoms with van der Waals surface area (Å²) in [5.74, 6) is 0. The van der Waals surface area contributed by atoms with E-state index in [1.165, 1.54) is 51.6 Å². The number of hydrogen-bond acceptors (Lipinski definition) is 3. The van der Waals surface area contributed by atoms with Crippen LogP contribution in [0.4, 0.5) is 0 Å². The number of nitrogens with two attached hydrogens (primary N) is 1. The van der Waals surface area contributed by atoms with E-state index in [1.807, 2.05) is 0 Å². The molecule has 0 aromatic heterocycles. The lowest BCUT2D eigenvalue weighted by molar-refractivity contribution is 0.134. The fraction of sp³-hybridized carbons (Fsp3) is 1.00. The van der Waals surface area contributed by atoms with Gasteiger partial charge in [0.2, 0.25) is 0 Å². The molecule has 2 aliphatic heterocycles. The SMILES string of the molecule is CN1C2CCC1CN(CC1(N)CCC1)CC2. The molecule has 2 atom stereocenters. The number of rotatable bonds is 2. The Kier molecular flexibility index (Phi) is 2.73. The summed E-state index contributed by atoms with van der Waals surface area (Å²) in [6.07, 6.45) is 8.00. The summed E-state index contributed by atoms with van der Waals surface area (Å²) >= 11 is 0. The van der Waals surface area contributed by atoms with E-state index in [4.69, 9.17) is 5.73 Å². The van der Waals surface area contributed by atoms with Crippen LogP contribution in [0.15, 0.2) is 0 Å². The van der Waals surface area contributed by atoms with E-state index in [0.717, 1.165) is 18.6 Å². The Morgan fingerprint density at radius 3 is 2.62 bits per heavy atom. The average molecular weight is 223 g/mol. The van der Waals surface area contributed by atoms with Gasteiger partial charge in [0.15, 0.2) is 0 Å². The molecule has 0 aromatic carbocycles. The van der Waals surface area contributed by atoms with Gasteiger partial charge in [0.05, 0.1) is 0 Å². The van der Waals surface area contributed by atoms with Crippen LogP contribution in [0.1, 0.15) is 38.5 Å². The minimum absolute atomic E-state index is 0.169. The largest absolute Gasteiger partial charge is 0.324 e. The molecule has 1 aliphatic carbocycles. The molecule has 1 saturated carbocycles. The molecule has 3 fully saturated rings. The topological polar surface area (TPSA) is 32.5 Å². The highest BCUT2D eigenvalue weighted by molar-refractivity contribution is 4.98. The molecule has 0 spiro atoms. The fourth-order valence-corrected chi connectivity index (χ4v) is 3.76. The van der Waals surface area contributed by atoms with Gasteiger partial charge in [-0.15, -0.1) is 0 Å². The Bertz CT molecular complexity index is 262. The predicted molar refractivity (Wildman–Crippen MR) is 66.4 cm³/mol. The number of likely N-dealkylation sites (tertiary alicyclic amines) is 1. The summed E-state index contributed by atoms with van der Waals surface area (Å²) in [6.45, 7) is 3.67. The minimum Gasteiger partial charge on any atom is -0.324 e. The Labute approximate surface area is 99.0 Å². The molecule has 3 rings (SSSR count). The molecule has 2 unspecified atom stereocenters. The molecule has 2 saturated heterocycles. The zero-order valence-corrected chi connectivity index (χ0v) is 10.5. The molecule has 92 valence electrons. The number of nitrogens with zero attached hydrogens (tertiary/aromatic N) is 2. The van der Waals surface area contributed by atoms with Gasteiger partial charge in [0.25, 0.3) is 0 Å². The standard InChI is InChI=1S/C13H25N3/c1-15-11-3-4-12(15)9-16(8-5-11)10-13(14)6-2-7-13/h11-12H,2-10,14H2,1H3. The second-order valence-corrected chi connectivity index (χ2v) is 6.29. The van der Waals surface area contributed by atoms with Crippen molar-refractivity contribution in [2.75, 3.05) is 26.7 Å². The third-order valence-corrected chi connectivity index (χ3v) is 5.12. The molecule has 16 heavy (non-hydrogen) atoms. The summed E-state index contributed by atoms with van der Waals surface area (Å²) in [7, 11) is 2.31. The molecular formula is C13H25N3. The Morgan fingerprint density at radius 2 is 1.94 bits per heavy atom. The Hall–Kier alpha value is -0.120. The predicted octanol–water partition coefficient (Wildman–Crippen LogP) is 1.04. The minimum atomic E-state index is 0.169. The highest BCUT2D eigenvalue weighted by atomic mass is 15.3. The van der Waals surface area contributed by atoms with Crippen LogP contribution in [0.3, 0.4) is 0 Å². The second-order valence-electron chi connectivity index (χ2n) is 6.29. The van der Waals surface area contributed by atoms with Gasteiger partial charge in [-0.1, -0.05) is 0 Å². The quantitative estimate of drug-likeness (QED) is 0.759. The average Bonchev–Trinajstić information content (AvgIpc) is 2.44. The lowest BCUT2D eigenvalue weighted by Crippen LogP contribution is -2.56. The molecule has 2 bridgehead atoms. The van der Waals surface area contributed by atoms with Gasteiger partial charge in [0, 0.05) is 30.7 Å². The lowest BCUT2D eigenvalue weighted by Gasteiger charge is -2.42. The van der Waals surface area contributed by atoms with E-state index in [0.29, 0.717) is 0 Å². The van der Waals surface area contributed by atoms with Gasteiger partial charge in [-0.3, -0.25) is 9.80 Å². The van der Waals surface area contributed by atoms with E-state index in [2.05, 4.69) is 16.8 Å². The van der Waals surface area contributed by atoms with Crippen molar-refractivity contribution in [3.63, 3.8) is 0 Å². The summed E-state index contributed by atoms with van der Waals surface area (Å²) < 4.78 is 0. The van der Waals surface area contributed by atoms with Crippen molar-refractivity contribution in [1.82, 2.24) is 9.80 Å². The molecule has 3 aliphatic rings. The van der Waals surface area contributed by atoms with E-state index < -0.39 is 0 Å². The van der Waals surface area contributed by atoms with Gasteiger partial charge in [-0.2, -0.15) is 0 Å². The van der Waals surface area contributed by atoms with Gasteiger partial charge < -0.3 is 5.73 Å². The Morgan fingerprint density at radius 1 is 1.19 bits per heavy atom. The van der Waals surface area contributed by atoms with Crippen molar-refractivity contribution in [2.45, 2.75) is 56.1 Å². The van der Waals surface area contributed by atoms with Gasteiger partial charge in [-0.05, 0) is 52.1 Å². The number of fused-ring (bicyclic) bond motifs is 2. The first-order valence-electron chi connectivity index (χ1n) is 6.89. The third kappa shape index (κ3) is 1.89. The van der Waals surface area contributed by atoms with E-state index in [9.17, 15) is 0 Å². The van der Waals surface area contributed by atoms with Crippen molar-refractivity contribution < 1.29 is 0 Å². The summed E-state index contributed by atoms with van der Waals surface area (Å²) in [5, 5.41) is 0. The second kappa shape index (κ2) is 3.97. The van der Waals surface area contributed by atoms with Gasteiger partial charge >= 0.3 is 0 Å². The zero-order chi connectivity index (χ0) is 11.2. The van der Waals surface area contributed by atoms with Crippen LogP contribution in [0, 0.1) is 0 Å². The van der Waals surface area contributed by atoms with Crippen LogP contribution >= 0.6 is 0 Å². The third-order valence-electron chi connectivity index (χ3n) is 5.12. The lowest BCUT2D eigenvalue weighted by atomic mass is 9.77. The summed E-state index contributed by atoms with van der Waals surface area (Å²) in [4.78, 5) is 5.25. The maximum Gasteiger partial charge on any atom is 0.0283 e. The highest BCUT2D eigenvalue weighted by Gasteiger charge is 2.39. The molecule has 3 nitrogen and oxygen atoms in total. The molecule has 2 heterocycles. The maximum atomic E-state index is 6.36. The molecule has 2 N–H and O–H groups in total. The van der Waals surface area contributed by atoms with Crippen molar-refractivity contribution in [3.8, 4) is 0 Å². The first-order chi connectivity index (χ1) is 7.66. The summed E-state index contributed by atoms with van der Waals surface area (Å²) in [6, 6.07) is 1.65. The maximum absolute atomic E-state index is 6.36. The molecular weight excluding hydrogens is 198 g/mol. The highest BCUT2D eigenvalue weighted by Crippen LogP contribution is 2.33. The van der Waals surface area contributed by atoms with E-state index in [1.54, 1.807) is 0 Å². The van der Waals surface area contributed by atoms with Crippen LogP contribution in [0.2, 0.25) is 0 Å². The first kappa shape index (κ1) is 11.0. The van der Waals surface area contributed by atoms with Crippen LogP contribution in [0.25, 0.3) is 0 Å². The fourth-order valence-electron chi connectivity index (χ4n) is 3.76. The number of likely N-dealkylation sites (N-methyl/N-ethyl adjacent to an activating group) is 1. The van der Waals surface area contributed by atoms with Crippen molar-refractivity contribution in [2.24, 2.45) is 5.73 Å². The first-order valence-corrected chi connectivity index (χ1v) is 6.89. The molecule has 0 amide bonds. The molecule has 0 aromatic rings. The van der Waals surface area contributed by atoms with Crippen LogP contribution < -0.4 is 5.73 Å². The van der Waals surface area contributed by atoms with Crippen LogP contribution in [-0.4, -0.2) is 54.1 Å². The zero-order valence-electron chi connectivity index (χ0n) is 10.5.